The SMILES string of the molecule is COc1ccc(-c2nc(N3CC[C@@H](N(C)C)C3)c3c(N)c[nH]c3n2)cc1F. The fourth-order valence-electron chi connectivity index (χ4n) is 3.56. The second-order valence-corrected chi connectivity index (χ2v) is 7.04. The van der Waals surface area contributed by atoms with Gasteiger partial charge in [-0.05, 0) is 38.7 Å². The third kappa shape index (κ3) is 3.06. The van der Waals surface area contributed by atoms with Gasteiger partial charge >= 0.3 is 0 Å². The molecule has 0 saturated carbocycles. The largest absolute Gasteiger partial charge is 0.494 e. The van der Waals surface area contributed by atoms with Crippen molar-refractivity contribution in [3.8, 4) is 17.1 Å². The second-order valence-electron chi connectivity index (χ2n) is 7.04. The Morgan fingerprint density at radius 1 is 1.33 bits per heavy atom. The minimum Gasteiger partial charge on any atom is -0.494 e. The van der Waals surface area contributed by atoms with E-state index < -0.39 is 5.82 Å². The van der Waals surface area contributed by atoms with Crippen LogP contribution in [0, 0.1) is 5.82 Å². The number of fused-ring (bicyclic) bond motifs is 1. The maximum atomic E-state index is 14.2. The lowest BCUT2D eigenvalue weighted by Crippen LogP contribution is -2.31. The molecule has 1 aliphatic heterocycles. The van der Waals surface area contributed by atoms with Gasteiger partial charge in [-0.25, -0.2) is 14.4 Å². The molecule has 8 heteroatoms. The number of hydrogen-bond acceptors (Lipinski definition) is 6. The number of ether oxygens (including phenoxy) is 1. The molecule has 4 rings (SSSR count). The minimum absolute atomic E-state index is 0.192. The Morgan fingerprint density at radius 2 is 2.15 bits per heavy atom. The highest BCUT2D eigenvalue weighted by Crippen LogP contribution is 2.34. The standard InChI is InChI=1S/C19H23FN6O/c1-25(2)12-6-7-26(10-12)19-16-14(21)9-22-18(16)23-17(24-19)11-4-5-15(27-3)13(20)8-11/h4-5,8-9,12H,6-7,10,21H2,1-3H3,(H,22,23,24)/t12-/m1/s1. The van der Waals surface area contributed by atoms with Crippen LogP contribution in [0.15, 0.2) is 24.4 Å². The molecule has 1 aromatic carbocycles. The molecular formula is C19H23FN6O. The van der Waals surface area contributed by atoms with Gasteiger partial charge in [0.25, 0.3) is 0 Å². The molecule has 1 saturated heterocycles. The van der Waals surface area contributed by atoms with Crippen molar-refractivity contribution in [1.29, 1.82) is 0 Å². The monoisotopic (exact) mass is 370 g/mol. The molecule has 0 bridgehead atoms. The molecule has 27 heavy (non-hydrogen) atoms. The summed E-state index contributed by atoms with van der Waals surface area (Å²) in [6.07, 6.45) is 2.77. The molecule has 1 atom stereocenters. The van der Waals surface area contributed by atoms with Gasteiger partial charge < -0.3 is 25.3 Å². The van der Waals surface area contributed by atoms with Crippen molar-refractivity contribution in [3.63, 3.8) is 0 Å². The number of aromatic nitrogens is 3. The highest BCUT2D eigenvalue weighted by Gasteiger charge is 2.28. The molecule has 0 amide bonds. The van der Waals surface area contributed by atoms with E-state index >= 15 is 0 Å². The summed E-state index contributed by atoms with van der Waals surface area (Å²) in [6.45, 7) is 1.75. The normalized spacial score (nSPS) is 17.2. The Bertz CT molecular complexity index is 986. The van der Waals surface area contributed by atoms with Crippen molar-refractivity contribution in [1.82, 2.24) is 19.9 Å². The lowest BCUT2D eigenvalue weighted by atomic mass is 10.2. The summed E-state index contributed by atoms with van der Waals surface area (Å²) in [7, 11) is 5.61. The molecular weight excluding hydrogens is 347 g/mol. The predicted octanol–water partition coefficient (Wildman–Crippen LogP) is 2.50. The quantitative estimate of drug-likeness (QED) is 0.734. The summed E-state index contributed by atoms with van der Waals surface area (Å²) >= 11 is 0. The molecule has 0 spiro atoms. The summed E-state index contributed by atoms with van der Waals surface area (Å²) in [5, 5.41) is 0.812. The molecule has 1 aliphatic rings. The van der Waals surface area contributed by atoms with E-state index in [-0.39, 0.29) is 5.75 Å². The number of likely N-dealkylation sites (N-methyl/N-ethyl adjacent to an activating group) is 1. The number of aromatic amines is 1. The number of nitrogens with two attached hydrogens (primary N) is 1. The van der Waals surface area contributed by atoms with Crippen LogP contribution in [0.4, 0.5) is 15.9 Å². The summed E-state index contributed by atoms with van der Waals surface area (Å²) in [6, 6.07) is 5.19. The van der Waals surface area contributed by atoms with Crippen LogP contribution >= 0.6 is 0 Å². The van der Waals surface area contributed by atoms with Crippen molar-refractivity contribution in [2.75, 3.05) is 44.9 Å². The molecule has 0 radical (unpaired) electrons. The Kier molecular flexibility index (Phi) is 4.35. The molecule has 2 aromatic heterocycles. The Balaban J connectivity index is 1.81. The molecule has 3 N–H and O–H groups in total. The van der Waals surface area contributed by atoms with E-state index in [1.807, 2.05) is 0 Å². The Hall–Kier alpha value is -2.87. The summed E-state index contributed by atoms with van der Waals surface area (Å²) in [4.78, 5) is 16.9. The third-order valence-corrected chi connectivity index (χ3v) is 5.15. The van der Waals surface area contributed by atoms with Gasteiger partial charge in [-0.15, -0.1) is 0 Å². The highest BCUT2D eigenvalue weighted by molar-refractivity contribution is 5.99. The van der Waals surface area contributed by atoms with Gasteiger partial charge in [0.05, 0.1) is 18.2 Å². The Morgan fingerprint density at radius 3 is 2.81 bits per heavy atom. The first-order valence-electron chi connectivity index (χ1n) is 8.88. The lowest BCUT2D eigenvalue weighted by Gasteiger charge is -2.22. The van der Waals surface area contributed by atoms with Crippen LogP contribution in [-0.4, -0.2) is 60.2 Å². The summed E-state index contributed by atoms with van der Waals surface area (Å²) in [5.41, 5.74) is 8.02. The van der Waals surface area contributed by atoms with E-state index in [2.05, 4.69) is 33.9 Å². The molecule has 1 fully saturated rings. The molecule has 0 unspecified atom stereocenters. The predicted molar refractivity (Wildman–Crippen MR) is 105 cm³/mol. The number of hydrogen-bond donors (Lipinski definition) is 2. The van der Waals surface area contributed by atoms with Crippen LogP contribution in [0.5, 0.6) is 5.75 Å². The zero-order valence-corrected chi connectivity index (χ0v) is 15.7. The van der Waals surface area contributed by atoms with Crippen molar-refractivity contribution >= 4 is 22.5 Å². The number of nitrogens with one attached hydrogen (secondary N) is 1. The molecule has 7 nitrogen and oxygen atoms in total. The summed E-state index contributed by atoms with van der Waals surface area (Å²) < 4.78 is 19.2. The van der Waals surface area contributed by atoms with Gasteiger partial charge in [0.2, 0.25) is 0 Å². The first-order valence-corrected chi connectivity index (χ1v) is 8.88. The number of nitrogens with zero attached hydrogens (tertiary/aromatic N) is 4. The first-order chi connectivity index (χ1) is 13.0. The van der Waals surface area contributed by atoms with E-state index in [0.717, 1.165) is 30.7 Å². The van der Waals surface area contributed by atoms with Gasteiger partial charge in [0.15, 0.2) is 17.4 Å². The van der Waals surface area contributed by atoms with Crippen LogP contribution in [0.25, 0.3) is 22.4 Å². The highest BCUT2D eigenvalue weighted by atomic mass is 19.1. The van der Waals surface area contributed by atoms with Gasteiger partial charge in [0.1, 0.15) is 11.5 Å². The van der Waals surface area contributed by atoms with Crippen LogP contribution in [-0.2, 0) is 0 Å². The van der Waals surface area contributed by atoms with Crippen LogP contribution in [0.1, 0.15) is 6.42 Å². The maximum Gasteiger partial charge on any atom is 0.165 e. The third-order valence-electron chi connectivity index (χ3n) is 5.15. The van der Waals surface area contributed by atoms with E-state index in [9.17, 15) is 4.39 Å². The average molecular weight is 370 g/mol. The smallest absolute Gasteiger partial charge is 0.165 e. The lowest BCUT2D eigenvalue weighted by molar-refractivity contribution is 0.315. The van der Waals surface area contributed by atoms with Crippen molar-refractivity contribution in [2.24, 2.45) is 0 Å². The van der Waals surface area contributed by atoms with Crippen molar-refractivity contribution in [3.05, 3.63) is 30.2 Å². The zero-order chi connectivity index (χ0) is 19.1. The van der Waals surface area contributed by atoms with E-state index in [4.69, 9.17) is 15.5 Å². The molecule has 3 aromatic rings. The number of anilines is 2. The van der Waals surface area contributed by atoms with Gasteiger partial charge in [-0.3, -0.25) is 0 Å². The number of halogens is 1. The van der Waals surface area contributed by atoms with E-state index in [0.29, 0.717) is 28.8 Å². The van der Waals surface area contributed by atoms with E-state index in [1.54, 1.807) is 18.3 Å². The van der Waals surface area contributed by atoms with Crippen molar-refractivity contribution < 1.29 is 9.13 Å². The van der Waals surface area contributed by atoms with Gasteiger partial charge in [0, 0.05) is 30.9 Å². The number of benzene rings is 1. The number of methoxy groups -OCH3 is 1. The van der Waals surface area contributed by atoms with Crippen LogP contribution < -0.4 is 15.4 Å². The molecule has 0 aliphatic carbocycles. The topological polar surface area (TPSA) is 83.3 Å². The first kappa shape index (κ1) is 17.5. The van der Waals surface area contributed by atoms with E-state index in [1.165, 1.54) is 13.2 Å². The number of H-pyrrole nitrogens is 1. The number of nitrogen functional groups attached to an aromatic ring is 1. The zero-order valence-electron chi connectivity index (χ0n) is 15.7. The average Bonchev–Trinajstić information content (AvgIpc) is 3.28. The minimum atomic E-state index is -0.444. The van der Waals surface area contributed by atoms with Gasteiger partial charge in [-0.1, -0.05) is 0 Å². The van der Waals surface area contributed by atoms with Crippen LogP contribution in [0.3, 0.4) is 0 Å². The van der Waals surface area contributed by atoms with Crippen molar-refractivity contribution in [2.45, 2.75) is 12.5 Å². The van der Waals surface area contributed by atoms with Crippen LogP contribution in [0.2, 0.25) is 0 Å². The maximum absolute atomic E-state index is 14.2. The van der Waals surface area contributed by atoms with Gasteiger partial charge in [-0.2, -0.15) is 0 Å². The molecule has 142 valence electrons. The molecule has 3 heterocycles. The number of rotatable bonds is 4. The second kappa shape index (κ2) is 6.70. The Labute approximate surface area is 157 Å². The fourth-order valence-corrected chi connectivity index (χ4v) is 3.56. The summed E-state index contributed by atoms with van der Waals surface area (Å²) in [5.74, 6) is 0.987. The fraction of sp³-hybridized carbons (Fsp3) is 0.368.